The topological polar surface area (TPSA) is 75.1 Å². The molecule has 0 aliphatic heterocycles. The minimum absolute atomic E-state index is 0.0128. The largest absolute Gasteiger partial charge is 0.481 e. The average molecular weight is 221 g/mol. The van der Waals surface area contributed by atoms with E-state index in [1.54, 1.807) is 12.3 Å². The molecule has 0 radical (unpaired) electrons. The van der Waals surface area contributed by atoms with Crippen LogP contribution in [0.15, 0.2) is 18.6 Å². The molecule has 1 aromatic rings. The lowest BCUT2D eigenvalue weighted by Gasteiger charge is -2.29. The summed E-state index contributed by atoms with van der Waals surface area (Å²) in [5.74, 6) is -0.317. The number of carbonyl (C=O) groups is 1. The summed E-state index contributed by atoms with van der Waals surface area (Å²) in [7, 11) is 0. The SMILES string of the molecule is O=C(O)C1CCCCC1Nc1ccncn1. The van der Waals surface area contributed by atoms with Gasteiger partial charge in [-0.2, -0.15) is 0 Å². The van der Waals surface area contributed by atoms with Crippen LogP contribution in [0.4, 0.5) is 5.82 Å². The summed E-state index contributed by atoms with van der Waals surface area (Å²) in [6, 6.07) is 1.74. The molecule has 2 unspecified atom stereocenters. The molecule has 0 saturated heterocycles. The van der Waals surface area contributed by atoms with Crippen molar-refractivity contribution in [3.63, 3.8) is 0 Å². The summed E-state index contributed by atoms with van der Waals surface area (Å²) in [4.78, 5) is 19.0. The standard InChI is InChI=1S/C11H15N3O2/c15-11(16)8-3-1-2-4-9(8)14-10-5-6-12-7-13-10/h5-9H,1-4H2,(H,15,16)(H,12,13,14). The van der Waals surface area contributed by atoms with E-state index in [-0.39, 0.29) is 12.0 Å². The number of anilines is 1. The van der Waals surface area contributed by atoms with Crippen molar-refractivity contribution in [3.05, 3.63) is 18.6 Å². The van der Waals surface area contributed by atoms with Crippen molar-refractivity contribution in [2.75, 3.05) is 5.32 Å². The second-order valence-electron chi connectivity index (χ2n) is 4.07. The van der Waals surface area contributed by atoms with Gasteiger partial charge in [-0.15, -0.1) is 0 Å². The molecule has 86 valence electrons. The third-order valence-electron chi connectivity index (χ3n) is 3.00. The van der Waals surface area contributed by atoms with Crippen LogP contribution in [-0.4, -0.2) is 27.1 Å². The third kappa shape index (κ3) is 2.48. The van der Waals surface area contributed by atoms with Gasteiger partial charge < -0.3 is 10.4 Å². The lowest BCUT2D eigenvalue weighted by atomic mass is 9.84. The van der Waals surface area contributed by atoms with E-state index in [1.807, 2.05) is 0 Å². The van der Waals surface area contributed by atoms with E-state index in [0.717, 1.165) is 25.7 Å². The van der Waals surface area contributed by atoms with Crippen molar-refractivity contribution in [3.8, 4) is 0 Å². The Hall–Kier alpha value is -1.65. The van der Waals surface area contributed by atoms with Crippen LogP contribution in [0.3, 0.4) is 0 Å². The minimum Gasteiger partial charge on any atom is -0.481 e. The van der Waals surface area contributed by atoms with E-state index in [0.29, 0.717) is 5.82 Å². The van der Waals surface area contributed by atoms with Crippen molar-refractivity contribution in [1.29, 1.82) is 0 Å². The lowest BCUT2D eigenvalue weighted by molar-refractivity contribution is -0.143. The number of nitrogens with zero attached hydrogens (tertiary/aromatic N) is 2. The summed E-state index contributed by atoms with van der Waals surface area (Å²) in [5, 5.41) is 12.3. The molecule has 2 rings (SSSR count). The fourth-order valence-electron chi connectivity index (χ4n) is 2.17. The molecular formula is C11H15N3O2. The third-order valence-corrected chi connectivity index (χ3v) is 3.00. The summed E-state index contributed by atoms with van der Waals surface area (Å²) >= 11 is 0. The second-order valence-corrected chi connectivity index (χ2v) is 4.07. The molecule has 1 aliphatic rings. The van der Waals surface area contributed by atoms with Crippen molar-refractivity contribution in [1.82, 2.24) is 9.97 Å². The van der Waals surface area contributed by atoms with E-state index in [9.17, 15) is 4.79 Å². The highest BCUT2D eigenvalue weighted by atomic mass is 16.4. The normalized spacial score (nSPS) is 25.0. The molecule has 5 heteroatoms. The van der Waals surface area contributed by atoms with Gasteiger partial charge in [0.25, 0.3) is 0 Å². The van der Waals surface area contributed by atoms with E-state index >= 15 is 0 Å². The highest BCUT2D eigenvalue weighted by Crippen LogP contribution is 2.26. The molecule has 1 fully saturated rings. The molecule has 2 N–H and O–H groups in total. The Kier molecular flexibility index (Phi) is 3.34. The molecule has 0 amide bonds. The van der Waals surface area contributed by atoms with Crippen LogP contribution in [0, 0.1) is 5.92 Å². The number of rotatable bonds is 3. The van der Waals surface area contributed by atoms with Crippen LogP contribution in [0.1, 0.15) is 25.7 Å². The number of aliphatic carboxylic acids is 1. The molecule has 0 aromatic carbocycles. The monoisotopic (exact) mass is 221 g/mol. The van der Waals surface area contributed by atoms with Crippen LogP contribution < -0.4 is 5.32 Å². The molecule has 5 nitrogen and oxygen atoms in total. The highest BCUT2D eigenvalue weighted by Gasteiger charge is 2.30. The van der Waals surface area contributed by atoms with Crippen LogP contribution >= 0.6 is 0 Å². The van der Waals surface area contributed by atoms with Gasteiger partial charge in [-0.25, -0.2) is 9.97 Å². The smallest absolute Gasteiger partial charge is 0.308 e. The highest BCUT2D eigenvalue weighted by molar-refractivity contribution is 5.71. The quantitative estimate of drug-likeness (QED) is 0.809. The van der Waals surface area contributed by atoms with Crippen LogP contribution in [0.25, 0.3) is 0 Å². The Morgan fingerprint density at radius 2 is 2.25 bits per heavy atom. The second kappa shape index (κ2) is 4.92. The Bertz CT molecular complexity index is 356. The average Bonchev–Trinajstić information content (AvgIpc) is 2.31. The lowest BCUT2D eigenvalue weighted by Crippen LogP contribution is -2.37. The Labute approximate surface area is 93.9 Å². The zero-order valence-electron chi connectivity index (χ0n) is 8.97. The van der Waals surface area contributed by atoms with Gasteiger partial charge in [-0.05, 0) is 18.9 Å². The number of hydrogen-bond acceptors (Lipinski definition) is 4. The maximum absolute atomic E-state index is 11.1. The van der Waals surface area contributed by atoms with Crippen molar-refractivity contribution in [2.45, 2.75) is 31.7 Å². The number of aromatic nitrogens is 2. The minimum atomic E-state index is -0.716. The first kappa shape index (κ1) is 10.9. The maximum Gasteiger partial charge on any atom is 0.308 e. The van der Waals surface area contributed by atoms with Gasteiger partial charge in [-0.1, -0.05) is 12.8 Å². The molecule has 1 aliphatic carbocycles. The van der Waals surface area contributed by atoms with Gasteiger partial charge in [0.1, 0.15) is 12.1 Å². The molecule has 0 spiro atoms. The fourth-order valence-corrected chi connectivity index (χ4v) is 2.17. The Morgan fingerprint density at radius 3 is 2.94 bits per heavy atom. The molecule has 1 aromatic heterocycles. The predicted molar refractivity (Wildman–Crippen MR) is 59.0 cm³/mol. The van der Waals surface area contributed by atoms with Gasteiger partial charge >= 0.3 is 5.97 Å². The van der Waals surface area contributed by atoms with E-state index < -0.39 is 5.97 Å². The summed E-state index contributed by atoms with van der Waals surface area (Å²) < 4.78 is 0. The van der Waals surface area contributed by atoms with Crippen LogP contribution in [0.5, 0.6) is 0 Å². The zero-order valence-corrected chi connectivity index (χ0v) is 8.97. The van der Waals surface area contributed by atoms with Crippen LogP contribution in [-0.2, 0) is 4.79 Å². The summed E-state index contributed by atoms with van der Waals surface area (Å²) in [6.45, 7) is 0. The molecule has 2 atom stereocenters. The van der Waals surface area contributed by atoms with Gasteiger partial charge in [0, 0.05) is 12.2 Å². The number of hydrogen-bond donors (Lipinski definition) is 2. The van der Waals surface area contributed by atoms with Crippen molar-refractivity contribution in [2.24, 2.45) is 5.92 Å². The first-order valence-corrected chi connectivity index (χ1v) is 5.53. The van der Waals surface area contributed by atoms with Crippen LogP contribution in [0.2, 0.25) is 0 Å². The van der Waals surface area contributed by atoms with E-state index in [1.165, 1.54) is 6.33 Å². The Balaban J connectivity index is 2.04. The van der Waals surface area contributed by atoms with Crippen molar-refractivity contribution >= 4 is 11.8 Å². The zero-order chi connectivity index (χ0) is 11.4. The number of carboxylic acids is 1. The molecular weight excluding hydrogens is 206 g/mol. The van der Waals surface area contributed by atoms with E-state index in [2.05, 4.69) is 15.3 Å². The predicted octanol–water partition coefficient (Wildman–Crippen LogP) is 1.53. The van der Waals surface area contributed by atoms with Gasteiger partial charge in [0.2, 0.25) is 0 Å². The summed E-state index contributed by atoms with van der Waals surface area (Å²) in [6.07, 6.45) is 6.82. The van der Waals surface area contributed by atoms with E-state index in [4.69, 9.17) is 5.11 Å². The fraction of sp³-hybridized carbons (Fsp3) is 0.545. The first-order chi connectivity index (χ1) is 7.77. The maximum atomic E-state index is 11.1. The Morgan fingerprint density at radius 1 is 1.44 bits per heavy atom. The molecule has 16 heavy (non-hydrogen) atoms. The summed E-state index contributed by atoms with van der Waals surface area (Å²) in [5.41, 5.74) is 0. The first-order valence-electron chi connectivity index (χ1n) is 5.53. The molecule has 1 saturated carbocycles. The molecule has 1 heterocycles. The number of nitrogens with one attached hydrogen (secondary N) is 1. The molecule has 0 bridgehead atoms. The number of carboxylic acid groups (broad SMARTS) is 1. The van der Waals surface area contributed by atoms with Crippen molar-refractivity contribution < 1.29 is 9.90 Å². The van der Waals surface area contributed by atoms with Gasteiger partial charge in [-0.3, -0.25) is 4.79 Å². The van der Waals surface area contributed by atoms with Gasteiger partial charge in [0.05, 0.1) is 5.92 Å². The van der Waals surface area contributed by atoms with Gasteiger partial charge in [0.15, 0.2) is 0 Å².